The van der Waals surface area contributed by atoms with E-state index in [9.17, 15) is 4.79 Å². The number of carbonyl (C=O) groups is 1. The van der Waals surface area contributed by atoms with Gasteiger partial charge >= 0.3 is 5.97 Å². The van der Waals surface area contributed by atoms with E-state index in [4.69, 9.17) is 27.5 Å². The van der Waals surface area contributed by atoms with Crippen molar-refractivity contribution in [1.82, 2.24) is 5.32 Å². The highest BCUT2D eigenvalue weighted by atomic mass is 35.5. The molecule has 0 aromatic heterocycles. The van der Waals surface area contributed by atoms with Gasteiger partial charge in [0.25, 0.3) is 0 Å². The van der Waals surface area contributed by atoms with E-state index in [0.29, 0.717) is 11.7 Å². The van der Waals surface area contributed by atoms with Crippen LogP contribution in [0.5, 0.6) is 0 Å². The Bertz CT molecular complexity index is 412. The fourth-order valence-electron chi connectivity index (χ4n) is 1.18. The molecule has 6 heteroatoms. The van der Waals surface area contributed by atoms with Gasteiger partial charge in [-0.1, -0.05) is 24.3 Å². The normalized spacial score (nSPS) is 12.3. The minimum absolute atomic E-state index is 0.306. The van der Waals surface area contributed by atoms with Crippen LogP contribution in [0.2, 0.25) is 0 Å². The first-order valence-corrected chi connectivity index (χ1v) is 4.91. The van der Waals surface area contributed by atoms with Crippen molar-refractivity contribution in [2.75, 3.05) is 5.88 Å². The third kappa shape index (κ3) is 2.80. The van der Waals surface area contributed by atoms with Gasteiger partial charge in [0.1, 0.15) is 17.6 Å². The molecule has 84 valence electrons. The highest BCUT2D eigenvalue weighted by Crippen LogP contribution is 2.13. The first kappa shape index (κ1) is 12.2. The summed E-state index contributed by atoms with van der Waals surface area (Å²) in [6.45, 7) is 0. The zero-order valence-electron chi connectivity index (χ0n) is 8.25. The standard InChI is InChI=1S/C8H7N3.C2H3ClO2/c9-7-5-3-1-2-4-6(5)8(10)11-7;3-1-2(4)5/h1-4H,(H3,9,10,11);1H2,(H,4,5). The van der Waals surface area contributed by atoms with Crippen LogP contribution >= 0.6 is 11.6 Å². The topological polar surface area (TPSA) is 97.0 Å². The van der Waals surface area contributed by atoms with Crippen LogP contribution in [-0.4, -0.2) is 28.6 Å². The second-order valence-electron chi connectivity index (χ2n) is 2.95. The van der Waals surface area contributed by atoms with Gasteiger partial charge in [0.05, 0.1) is 0 Å². The smallest absolute Gasteiger partial charge is 0.318 e. The maximum atomic E-state index is 9.24. The molecule has 5 nitrogen and oxygen atoms in total. The van der Waals surface area contributed by atoms with E-state index in [1.807, 2.05) is 24.3 Å². The van der Waals surface area contributed by atoms with Crippen LogP contribution in [0.1, 0.15) is 11.1 Å². The molecule has 0 atom stereocenters. The molecule has 1 aliphatic heterocycles. The molecule has 1 aliphatic rings. The Kier molecular flexibility index (Phi) is 4.02. The van der Waals surface area contributed by atoms with Gasteiger partial charge < -0.3 is 10.4 Å². The summed E-state index contributed by atoms with van der Waals surface area (Å²) < 4.78 is 0. The zero-order valence-corrected chi connectivity index (χ0v) is 9.01. The van der Waals surface area contributed by atoms with Gasteiger partial charge in [0.15, 0.2) is 0 Å². The maximum Gasteiger partial charge on any atom is 0.318 e. The minimum atomic E-state index is -0.980. The highest BCUT2D eigenvalue weighted by molar-refractivity contribution is 6.26. The quantitative estimate of drug-likeness (QED) is 0.555. The lowest BCUT2D eigenvalue weighted by molar-refractivity contribution is -0.134. The summed E-state index contributed by atoms with van der Waals surface area (Å²) in [5.74, 6) is -0.636. The number of carboxylic acid groups (broad SMARTS) is 1. The summed E-state index contributed by atoms with van der Waals surface area (Å²) in [7, 11) is 0. The molecule has 4 N–H and O–H groups in total. The number of halogens is 1. The number of hydrogen-bond donors (Lipinski definition) is 4. The number of hydrogen-bond acceptors (Lipinski definition) is 3. The Morgan fingerprint density at radius 2 is 1.62 bits per heavy atom. The average molecular weight is 240 g/mol. The SMILES string of the molecule is N=C1NC(=N)c2ccccc21.O=C(O)CCl. The van der Waals surface area contributed by atoms with Gasteiger partial charge in [-0.15, -0.1) is 11.6 Å². The molecule has 0 spiro atoms. The summed E-state index contributed by atoms with van der Waals surface area (Å²) in [4.78, 5) is 9.24. The lowest BCUT2D eigenvalue weighted by Crippen LogP contribution is -2.19. The summed E-state index contributed by atoms with van der Waals surface area (Å²) in [6.07, 6.45) is 0. The van der Waals surface area contributed by atoms with Crippen LogP contribution in [0.25, 0.3) is 0 Å². The van der Waals surface area contributed by atoms with Gasteiger partial charge in [0, 0.05) is 11.1 Å². The van der Waals surface area contributed by atoms with Gasteiger partial charge in [-0.3, -0.25) is 15.6 Å². The Labute approximate surface area is 97.1 Å². The molecular weight excluding hydrogens is 230 g/mol. The maximum absolute atomic E-state index is 9.24. The number of rotatable bonds is 1. The van der Waals surface area contributed by atoms with E-state index in [-0.39, 0.29) is 5.88 Å². The van der Waals surface area contributed by atoms with Gasteiger partial charge in [-0.05, 0) is 0 Å². The Morgan fingerprint density at radius 3 is 1.94 bits per heavy atom. The molecule has 2 rings (SSSR count). The van der Waals surface area contributed by atoms with E-state index in [0.717, 1.165) is 11.1 Å². The summed E-state index contributed by atoms with van der Waals surface area (Å²) in [6, 6.07) is 7.42. The molecule has 1 aromatic rings. The predicted octanol–water partition coefficient (Wildman–Crippen LogP) is 1.25. The molecule has 0 saturated carbocycles. The summed E-state index contributed by atoms with van der Waals surface area (Å²) in [5.41, 5.74) is 1.63. The fraction of sp³-hybridized carbons (Fsp3) is 0.100. The lowest BCUT2D eigenvalue weighted by Gasteiger charge is -1.91. The number of alkyl halides is 1. The lowest BCUT2D eigenvalue weighted by atomic mass is 10.1. The van der Waals surface area contributed by atoms with Crippen molar-refractivity contribution in [2.45, 2.75) is 0 Å². The van der Waals surface area contributed by atoms with Crippen molar-refractivity contribution < 1.29 is 9.90 Å². The van der Waals surface area contributed by atoms with E-state index in [1.54, 1.807) is 0 Å². The zero-order chi connectivity index (χ0) is 12.1. The molecule has 0 radical (unpaired) electrons. The van der Waals surface area contributed by atoms with Crippen LogP contribution in [0.3, 0.4) is 0 Å². The van der Waals surface area contributed by atoms with E-state index >= 15 is 0 Å². The van der Waals surface area contributed by atoms with Gasteiger partial charge in [-0.25, -0.2) is 0 Å². The molecule has 0 fully saturated rings. The predicted molar refractivity (Wildman–Crippen MR) is 61.6 cm³/mol. The van der Waals surface area contributed by atoms with E-state index < -0.39 is 5.97 Å². The molecule has 0 unspecified atom stereocenters. The van der Waals surface area contributed by atoms with Crippen LogP contribution < -0.4 is 5.32 Å². The first-order valence-electron chi connectivity index (χ1n) is 4.38. The minimum Gasteiger partial charge on any atom is -0.480 e. The van der Waals surface area contributed by atoms with Crippen molar-refractivity contribution in [3.63, 3.8) is 0 Å². The Hall–Kier alpha value is -1.88. The number of aliphatic carboxylic acids is 1. The molecule has 0 bridgehead atoms. The van der Waals surface area contributed by atoms with Crippen LogP contribution in [0, 0.1) is 10.8 Å². The third-order valence-electron chi connectivity index (χ3n) is 1.83. The van der Waals surface area contributed by atoms with Gasteiger partial charge in [0.2, 0.25) is 0 Å². The second-order valence-corrected chi connectivity index (χ2v) is 3.22. The molecule has 0 amide bonds. The summed E-state index contributed by atoms with van der Waals surface area (Å²) >= 11 is 4.74. The largest absolute Gasteiger partial charge is 0.480 e. The Balaban J connectivity index is 0.000000221. The van der Waals surface area contributed by atoms with Crippen LogP contribution in [-0.2, 0) is 4.79 Å². The van der Waals surface area contributed by atoms with Crippen molar-refractivity contribution in [3.8, 4) is 0 Å². The van der Waals surface area contributed by atoms with Crippen molar-refractivity contribution >= 4 is 29.2 Å². The molecule has 16 heavy (non-hydrogen) atoms. The molecule has 0 aliphatic carbocycles. The molecule has 0 saturated heterocycles. The first-order chi connectivity index (χ1) is 7.56. The van der Waals surface area contributed by atoms with Gasteiger partial charge in [-0.2, -0.15) is 0 Å². The van der Waals surface area contributed by atoms with Crippen molar-refractivity contribution in [3.05, 3.63) is 35.4 Å². The number of benzene rings is 1. The third-order valence-corrected chi connectivity index (χ3v) is 2.06. The molecule has 1 heterocycles. The fourth-order valence-corrected chi connectivity index (χ4v) is 1.18. The van der Waals surface area contributed by atoms with E-state index in [2.05, 4.69) is 5.32 Å². The van der Waals surface area contributed by atoms with Crippen molar-refractivity contribution in [2.24, 2.45) is 0 Å². The number of carboxylic acids is 1. The van der Waals surface area contributed by atoms with Crippen molar-refractivity contribution in [1.29, 1.82) is 10.8 Å². The number of fused-ring (bicyclic) bond motifs is 1. The highest BCUT2D eigenvalue weighted by Gasteiger charge is 2.18. The summed E-state index contributed by atoms with van der Waals surface area (Å²) in [5, 5.41) is 25.1. The van der Waals surface area contributed by atoms with Crippen LogP contribution in [0.4, 0.5) is 0 Å². The Morgan fingerprint density at radius 1 is 1.25 bits per heavy atom. The number of amidine groups is 2. The average Bonchev–Trinajstić information content (AvgIpc) is 2.56. The second kappa shape index (κ2) is 5.27. The number of nitrogens with one attached hydrogen (secondary N) is 3. The van der Waals surface area contributed by atoms with E-state index in [1.165, 1.54) is 0 Å². The molecule has 1 aromatic carbocycles. The molecular formula is C10H10ClN3O2. The van der Waals surface area contributed by atoms with Crippen LogP contribution in [0.15, 0.2) is 24.3 Å². The monoisotopic (exact) mass is 239 g/mol.